The van der Waals surface area contributed by atoms with Gasteiger partial charge in [0.1, 0.15) is 6.04 Å². The molecule has 0 fully saturated rings. The van der Waals surface area contributed by atoms with Gasteiger partial charge in [0.15, 0.2) is 5.82 Å². The van der Waals surface area contributed by atoms with Crippen molar-refractivity contribution in [3.8, 4) is 0 Å². The normalized spacial score (nSPS) is 12.1. The van der Waals surface area contributed by atoms with E-state index in [9.17, 15) is 9.59 Å². The van der Waals surface area contributed by atoms with E-state index in [2.05, 4.69) is 20.8 Å². The van der Waals surface area contributed by atoms with E-state index < -0.39 is 17.9 Å². The van der Waals surface area contributed by atoms with Crippen LogP contribution in [0.3, 0.4) is 0 Å². The summed E-state index contributed by atoms with van der Waals surface area (Å²) in [7, 11) is 0. The topological polar surface area (TPSA) is 110 Å². The molecule has 128 valence electrons. The Morgan fingerprint density at radius 3 is 2.58 bits per heavy atom. The van der Waals surface area contributed by atoms with Gasteiger partial charge in [0.25, 0.3) is 0 Å². The number of nitrogens with zero attached hydrogens (tertiary/aromatic N) is 4. The predicted molar refractivity (Wildman–Crippen MR) is 86.1 cm³/mol. The summed E-state index contributed by atoms with van der Waals surface area (Å²) in [6, 6.07) is 8.96. The van der Waals surface area contributed by atoms with Crippen molar-refractivity contribution >= 4 is 11.9 Å². The van der Waals surface area contributed by atoms with Crippen molar-refractivity contribution in [3.05, 3.63) is 41.7 Å². The van der Waals surface area contributed by atoms with Gasteiger partial charge in [-0.05, 0) is 28.3 Å². The molecule has 0 bridgehead atoms. The molecule has 2 N–H and O–H groups in total. The lowest BCUT2D eigenvalue weighted by molar-refractivity contribution is -0.143. The van der Waals surface area contributed by atoms with Crippen molar-refractivity contribution in [1.82, 2.24) is 25.5 Å². The minimum atomic E-state index is -1.05. The lowest BCUT2D eigenvalue weighted by atomic mass is 10.0. The Kier molecular flexibility index (Phi) is 6.00. The van der Waals surface area contributed by atoms with E-state index >= 15 is 0 Å². The summed E-state index contributed by atoms with van der Waals surface area (Å²) in [6.45, 7) is 4.03. The van der Waals surface area contributed by atoms with Crippen LogP contribution in [-0.4, -0.2) is 43.2 Å². The van der Waals surface area contributed by atoms with Crippen molar-refractivity contribution < 1.29 is 14.7 Å². The fourth-order valence-corrected chi connectivity index (χ4v) is 2.28. The number of aliphatic carboxylic acids is 1. The molecule has 0 aliphatic heterocycles. The van der Waals surface area contributed by atoms with Crippen LogP contribution in [0.5, 0.6) is 0 Å². The van der Waals surface area contributed by atoms with Crippen LogP contribution in [0, 0.1) is 5.92 Å². The van der Waals surface area contributed by atoms with Crippen LogP contribution in [0.15, 0.2) is 30.3 Å². The Labute approximate surface area is 139 Å². The fraction of sp³-hybridized carbons (Fsp3) is 0.438. The van der Waals surface area contributed by atoms with Crippen LogP contribution in [0.2, 0.25) is 0 Å². The Hall–Kier alpha value is -2.77. The Morgan fingerprint density at radius 2 is 1.96 bits per heavy atom. The number of benzene rings is 1. The number of rotatable bonds is 8. The molecule has 1 atom stereocenters. The van der Waals surface area contributed by atoms with Gasteiger partial charge in [-0.15, -0.1) is 5.10 Å². The van der Waals surface area contributed by atoms with Crippen molar-refractivity contribution in [2.24, 2.45) is 5.92 Å². The average molecular weight is 331 g/mol. The first-order valence-corrected chi connectivity index (χ1v) is 7.78. The maximum absolute atomic E-state index is 12.1. The predicted octanol–water partition coefficient (Wildman–Crippen LogP) is 0.684. The number of amides is 1. The van der Waals surface area contributed by atoms with Crippen molar-refractivity contribution in [2.75, 3.05) is 0 Å². The van der Waals surface area contributed by atoms with E-state index in [0.29, 0.717) is 12.4 Å². The molecule has 0 saturated carbocycles. The first kappa shape index (κ1) is 17.6. The summed E-state index contributed by atoms with van der Waals surface area (Å²) >= 11 is 0. The van der Waals surface area contributed by atoms with E-state index in [1.807, 2.05) is 30.3 Å². The molecule has 0 spiro atoms. The number of hydrogen-bond donors (Lipinski definition) is 2. The maximum Gasteiger partial charge on any atom is 0.326 e. The van der Waals surface area contributed by atoms with Gasteiger partial charge in [-0.1, -0.05) is 44.2 Å². The number of nitrogens with one attached hydrogen (secondary N) is 1. The van der Waals surface area contributed by atoms with Gasteiger partial charge in [-0.2, -0.15) is 0 Å². The number of aromatic nitrogens is 4. The molecule has 0 aliphatic rings. The quantitative estimate of drug-likeness (QED) is 0.736. The van der Waals surface area contributed by atoms with Crippen LogP contribution in [0.4, 0.5) is 0 Å². The smallest absolute Gasteiger partial charge is 0.326 e. The zero-order valence-corrected chi connectivity index (χ0v) is 13.7. The number of aryl methyl sites for hydroxylation is 2. The highest BCUT2D eigenvalue weighted by atomic mass is 16.4. The summed E-state index contributed by atoms with van der Waals surface area (Å²) in [5.74, 6) is -1.26. The minimum Gasteiger partial charge on any atom is -0.480 e. The standard InChI is InChI=1S/C16H21N5O3/c1-11(2)15(16(23)24)17-14(22)10-13-18-19-20-21(13)9-8-12-6-4-3-5-7-12/h3-7,11,15H,8-10H2,1-2H3,(H,17,22)(H,23,24). The Morgan fingerprint density at radius 1 is 1.25 bits per heavy atom. The van der Waals surface area contributed by atoms with Gasteiger partial charge >= 0.3 is 5.97 Å². The van der Waals surface area contributed by atoms with Crippen molar-refractivity contribution in [3.63, 3.8) is 0 Å². The molecule has 1 amide bonds. The molecule has 0 aliphatic carbocycles. The molecule has 1 unspecified atom stereocenters. The van der Waals surface area contributed by atoms with E-state index in [-0.39, 0.29) is 12.3 Å². The van der Waals surface area contributed by atoms with Crippen LogP contribution in [-0.2, 0) is 29.0 Å². The summed E-state index contributed by atoms with van der Waals surface area (Å²) in [4.78, 5) is 23.2. The largest absolute Gasteiger partial charge is 0.480 e. The zero-order valence-electron chi connectivity index (χ0n) is 13.7. The Bertz CT molecular complexity index is 684. The third-order valence-corrected chi connectivity index (χ3v) is 3.63. The number of carbonyl (C=O) groups is 2. The van der Waals surface area contributed by atoms with Crippen LogP contribution in [0.25, 0.3) is 0 Å². The van der Waals surface area contributed by atoms with Crippen LogP contribution >= 0.6 is 0 Å². The first-order valence-electron chi connectivity index (χ1n) is 7.78. The average Bonchev–Trinajstić information content (AvgIpc) is 2.98. The summed E-state index contributed by atoms with van der Waals surface area (Å²) in [5, 5.41) is 23.0. The lowest BCUT2D eigenvalue weighted by Crippen LogP contribution is -2.45. The molecular formula is C16H21N5O3. The van der Waals surface area contributed by atoms with Gasteiger partial charge in [-0.3, -0.25) is 4.79 Å². The number of carbonyl (C=O) groups excluding carboxylic acids is 1. The first-order chi connectivity index (χ1) is 11.5. The van der Waals surface area contributed by atoms with Crippen molar-refractivity contribution in [2.45, 2.75) is 39.3 Å². The number of tetrazole rings is 1. The molecular weight excluding hydrogens is 310 g/mol. The van der Waals surface area contributed by atoms with E-state index in [0.717, 1.165) is 12.0 Å². The molecule has 1 aromatic carbocycles. The van der Waals surface area contributed by atoms with Gasteiger partial charge in [-0.25, -0.2) is 9.48 Å². The summed E-state index contributed by atoms with van der Waals surface area (Å²) in [5.41, 5.74) is 1.15. The van der Waals surface area contributed by atoms with Crippen LogP contribution in [0.1, 0.15) is 25.2 Å². The molecule has 2 aromatic rings. The molecule has 0 radical (unpaired) electrons. The number of hydrogen-bond acceptors (Lipinski definition) is 5. The zero-order chi connectivity index (χ0) is 17.5. The van der Waals surface area contributed by atoms with E-state index in [4.69, 9.17) is 5.11 Å². The fourth-order valence-electron chi connectivity index (χ4n) is 2.28. The second-order valence-electron chi connectivity index (χ2n) is 5.86. The Balaban J connectivity index is 1.94. The second-order valence-corrected chi connectivity index (χ2v) is 5.86. The molecule has 0 saturated heterocycles. The van der Waals surface area contributed by atoms with Gasteiger partial charge in [0.2, 0.25) is 5.91 Å². The number of carboxylic acid groups (broad SMARTS) is 1. The summed E-state index contributed by atoms with van der Waals surface area (Å²) in [6.07, 6.45) is 0.683. The molecule has 2 rings (SSSR count). The minimum absolute atomic E-state index is 0.0573. The molecule has 1 heterocycles. The SMILES string of the molecule is CC(C)C(NC(=O)Cc1nnnn1CCc1ccccc1)C(=O)O. The van der Waals surface area contributed by atoms with Gasteiger partial charge in [0, 0.05) is 6.54 Å². The van der Waals surface area contributed by atoms with E-state index in [1.54, 1.807) is 18.5 Å². The highest BCUT2D eigenvalue weighted by Gasteiger charge is 2.24. The highest BCUT2D eigenvalue weighted by Crippen LogP contribution is 2.05. The third kappa shape index (κ3) is 4.87. The van der Waals surface area contributed by atoms with E-state index in [1.165, 1.54) is 0 Å². The van der Waals surface area contributed by atoms with Crippen molar-refractivity contribution in [1.29, 1.82) is 0 Å². The second kappa shape index (κ2) is 8.19. The molecule has 1 aromatic heterocycles. The summed E-state index contributed by atoms with van der Waals surface area (Å²) < 4.78 is 1.57. The molecule has 24 heavy (non-hydrogen) atoms. The van der Waals surface area contributed by atoms with Crippen LogP contribution < -0.4 is 5.32 Å². The molecule has 8 nitrogen and oxygen atoms in total. The lowest BCUT2D eigenvalue weighted by Gasteiger charge is -2.17. The van der Waals surface area contributed by atoms with Gasteiger partial charge in [0.05, 0.1) is 6.42 Å². The highest BCUT2D eigenvalue weighted by molar-refractivity contribution is 5.84. The maximum atomic E-state index is 12.1. The molecule has 8 heteroatoms. The monoisotopic (exact) mass is 331 g/mol. The number of carboxylic acids is 1. The third-order valence-electron chi connectivity index (χ3n) is 3.63. The van der Waals surface area contributed by atoms with Gasteiger partial charge < -0.3 is 10.4 Å².